The van der Waals surface area contributed by atoms with Crippen LogP contribution in [0.25, 0.3) is 0 Å². The molecule has 2 rings (SSSR count). The van der Waals surface area contributed by atoms with Crippen LogP contribution in [0.2, 0.25) is 0 Å². The van der Waals surface area contributed by atoms with Crippen LogP contribution in [0.5, 0.6) is 0 Å². The summed E-state index contributed by atoms with van der Waals surface area (Å²) in [5, 5.41) is -0.194. The molecule has 1 aromatic rings. The molecule has 1 aliphatic carbocycles. The fourth-order valence-corrected chi connectivity index (χ4v) is 4.99. The quantitative estimate of drug-likeness (QED) is 0.815. The van der Waals surface area contributed by atoms with Crippen LogP contribution in [0.15, 0.2) is 35.2 Å². The fourth-order valence-electron chi connectivity index (χ4n) is 2.88. The molecule has 2 nitrogen and oxygen atoms in total. The van der Waals surface area contributed by atoms with Crippen molar-refractivity contribution in [2.24, 2.45) is 5.92 Å². The molecule has 0 saturated heterocycles. The maximum atomic E-state index is 12.7. The molecule has 0 aliphatic heterocycles. The van der Waals surface area contributed by atoms with Gasteiger partial charge in [-0.2, -0.15) is 0 Å². The van der Waals surface area contributed by atoms with E-state index in [0.717, 1.165) is 19.3 Å². The molecule has 0 spiro atoms. The first-order valence-corrected chi connectivity index (χ1v) is 8.46. The van der Waals surface area contributed by atoms with Crippen molar-refractivity contribution >= 4 is 9.84 Å². The summed E-state index contributed by atoms with van der Waals surface area (Å²) in [7, 11) is -3.15. The van der Waals surface area contributed by atoms with E-state index in [-0.39, 0.29) is 11.2 Å². The van der Waals surface area contributed by atoms with Gasteiger partial charge in [0, 0.05) is 0 Å². The van der Waals surface area contributed by atoms with E-state index < -0.39 is 9.84 Å². The van der Waals surface area contributed by atoms with Crippen molar-refractivity contribution in [3.8, 4) is 0 Å². The van der Waals surface area contributed by atoms with Crippen LogP contribution < -0.4 is 0 Å². The lowest BCUT2D eigenvalue weighted by atomic mass is 9.92. The third-order valence-electron chi connectivity index (χ3n) is 4.00. The van der Waals surface area contributed by atoms with Gasteiger partial charge in [0.2, 0.25) is 0 Å². The minimum atomic E-state index is -3.15. The zero-order valence-electron chi connectivity index (χ0n) is 11.0. The van der Waals surface area contributed by atoms with Gasteiger partial charge in [0.15, 0.2) is 9.84 Å². The molecule has 1 fully saturated rings. The van der Waals surface area contributed by atoms with Crippen LogP contribution in [-0.2, 0) is 9.84 Å². The summed E-state index contributed by atoms with van der Waals surface area (Å²) in [6.07, 6.45) is 6.49. The van der Waals surface area contributed by atoms with Gasteiger partial charge in [0.25, 0.3) is 0 Å². The van der Waals surface area contributed by atoms with Crippen molar-refractivity contribution < 1.29 is 8.42 Å². The van der Waals surface area contributed by atoms with E-state index in [9.17, 15) is 8.42 Å². The van der Waals surface area contributed by atoms with Crippen molar-refractivity contribution in [2.75, 3.05) is 0 Å². The molecule has 1 aromatic carbocycles. The Hall–Kier alpha value is -0.830. The van der Waals surface area contributed by atoms with Gasteiger partial charge in [-0.25, -0.2) is 8.42 Å². The van der Waals surface area contributed by atoms with Crippen LogP contribution in [0.1, 0.15) is 45.4 Å². The second-order valence-electron chi connectivity index (χ2n) is 5.37. The number of sulfone groups is 1. The van der Waals surface area contributed by atoms with E-state index in [2.05, 4.69) is 6.92 Å². The average molecular weight is 266 g/mol. The Labute approximate surface area is 110 Å². The normalized spacial score (nSPS) is 26.3. The van der Waals surface area contributed by atoms with E-state index in [1.54, 1.807) is 24.3 Å². The smallest absolute Gasteiger partial charge is 0.181 e. The maximum Gasteiger partial charge on any atom is 0.181 e. The second-order valence-corrected chi connectivity index (χ2v) is 7.53. The molecular formula is C15H22O2S. The Balaban J connectivity index is 2.27. The highest BCUT2D eigenvalue weighted by Gasteiger charge is 2.32. The minimum Gasteiger partial charge on any atom is -0.223 e. The molecule has 100 valence electrons. The van der Waals surface area contributed by atoms with Crippen LogP contribution in [0.3, 0.4) is 0 Å². The summed E-state index contributed by atoms with van der Waals surface area (Å²) >= 11 is 0. The number of rotatable bonds is 2. The topological polar surface area (TPSA) is 34.1 Å². The molecule has 0 amide bonds. The predicted octanol–water partition coefficient (Wildman–Crippen LogP) is 3.82. The molecule has 0 unspecified atom stereocenters. The zero-order chi connectivity index (χ0) is 13.0. The number of hydrogen-bond acceptors (Lipinski definition) is 2. The van der Waals surface area contributed by atoms with E-state index >= 15 is 0 Å². The van der Waals surface area contributed by atoms with Gasteiger partial charge < -0.3 is 0 Å². The molecule has 0 N–H and O–H groups in total. The number of hydrogen-bond donors (Lipinski definition) is 0. The van der Waals surface area contributed by atoms with Crippen LogP contribution in [0, 0.1) is 5.92 Å². The van der Waals surface area contributed by atoms with E-state index in [4.69, 9.17) is 0 Å². The van der Waals surface area contributed by atoms with E-state index in [0.29, 0.717) is 4.90 Å². The standard InChI is InChI=1S/C15H22O2S/c1-13-9-5-2-3-8-12-15(13)18(16,17)14-10-6-4-7-11-14/h4,6-7,10-11,13,15H,2-3,5,8-9,12H2,1H3/t13-,15-/m1/s1. The highest BCUT2D eigenvalue weighted by atomic mass is 32.2. The van der Waals surface area contributed by atoms with Gasteiger partial charge in [-0.3, -0.25) is 0 Å². The van der Waals surface area contributed by atoms with Crippen LogP contribution in [-0.4, -0.2) is 13.7 Å². The molecule has 2 atom stereocenters. The highest BCUT2D eigenvalue weighted by Crippen LogP contribution is 2.31. The van der Waals surface area contributed by atoms with Gasteiger partial charge in [0.1, 0.15) is 0 Å². The molecule has 3 heteroatoms. The van der Waals surface area contributed by atoms with Gasteiger partial charge in [-0.05, 0) is 30.9 Å². The Bertz CT molecular complexity index is 465. The summed E-state index contributed by atoms with van der Waals surface area (Å²) in [4.78, 5) is 0.488. The van der Waals surface area contributed by atoms with Crippen molar-refractivity contribution in [1.29, 1.82) is 0 Å². The van der Waals surface area contributed by atoms with Crippen molar-refractivity contribution in [1.82, 2.24) is 0 Å². The third kappa shape index (κ3) is 2.94. The first-order chi connectivity index (χ1) is 8.62. The Morgan fingerprint density at radius 1 is 0.944 bits per heavy atom. The summed E-state index contributed by atoms with van der Waals surface area (Å²) < 4.78 is 25.3. The molecule has 0 heterocycles. The summed E-state index contributed by atoms with van der Waals surface area (Å²) in [6.45, 7) is 2.09. The van der Waals surface area contributed by atoms with Gasteiger partial charge in [0.05, 0.1) is 10.1 Å². The molecular weight excluding hydrogens is 244 g/mol. The molecule has 0 aromatic heterocycles. The number of benzene rings is 1. The highest BCUT2D eigenvalue weighted by molar-refractivity contribution is 7.92. The molecule has 0 radical (unpaired) electrons. The SMILES string of the molecule is C[C@@H]1CCCCCC[C@H]1S(=O)(=O)c1ccccc1. The lowest BCUT2D eigenvalue weighted by Gasteiger charge is -2.26. The average Bonchev–Trinajstić information content (AvgIpc) is 2.35. The zero-order valence-corrected chi connectivity index (χ0v) is 11.8. The first kappa shape index (κ1) is 13.6. The predicted molar refractivity (Wildman–Crippen MR) is 74.3 cm³/mol. The molecule has 1 aliphatic rings. The van der Waals surface area contributed by atoms with E-state index in [1.165, 1.54) is 19.3 Å². The summed E-state index contributed by atoms with van der Waals surface area (Å²) in [6, 6.07) is 8.92. The van der Waals surface area contributed by atoms with Crippen LogP contribution in [0.4, 0.5) is 0 Å². The van der Waals surface area contributed by atoms with Gasteiger partial charge in [-0.1, -0.05) is 50.8 Å². The maximum absolute atomic E-state index is 12.7. The lowest BCUT2D eigenvalue weighted by molar-refractivity contribution is 0.398. The Morgan fingerprint density at radius 2 is 1.56 bits per heavy atom. The van der Waals surface area contributed by atoms with Crippen molar-refractivity contribution in [2.45, 2.75) is 55.6 Å². The molecule has 1 saturated carbocycles. The summed E-state index contributed by atoms with van der Waals surface area (Å²) in [5.74, 6) is 0.274. The Kier molecular flexibility index (Phi) is 4.44. The van der Waals surface area contributed by atoms with E-state index in [1.807, 2.05) is 6.07 Å². The summed E-state index contributed by atoms with van der Waals surface area (Å²) in [5.41, 5.74) is 0. The largest absolute Gasteiger partial charge is 0.223 e. The fraction of sp³-hybridized carbons (Fsp3) is 0.600. The van der Waals surface area contributed by atoms with Crippen molar-refractivity contribution in [3.63, 3.8) is 0 Å². The van der Waals surface area contributed by atoms with Gasteiger partial charge in [-0.15, -0.1) is 0 Å². The lowest BCUT2D eigenvalue weighted by Crippen LogP contribution is -2.29. The third-order valence-corrected chi connectivity index (χ3v) is 6.43. The molecule has 18 heavy (non-hydrogen) atoms. The minimum absolute atomic E-state index is 0.194. The first-order valence-electron chi connectivity index (χ1n) is 6.91. The molecule has 0 bridgehead atoms. The van der Waals surface area contributed by atoms with Gasteiger partial charge >= 0.3 is 0 Å². The monoisotopic (exact) mass is 266 g/mol. The van der Waals surface area contributed by atoms with Crippen molar-refractivity contribution in [3.05, 3.63) is 30.3 Å². The second kappa shape index (κ2) is 5.87. The Morgan fingerprint density at radius 3 is 2.22 bits per heavy atom. The van der Waals surface area contributed by atoms with Crippen LogP contribution >= 0.6 is 0 Å².